The number of carbonyl (C=O) groups excluding carboxylic acids is 2. The van der Waals surface area contributed by atoms with E-state index in [9.17, 15) is 9.59 Å². The first-order valence-electron chi connectivity index (χ1n) is 12.2. The van der Waals surface area contributed by atoms with Crippen molar-refractivity contribution in [2.45, 2.75) is 59.1 Å². The molecule has 0 aliphatic heterocycles. The van der Waals surface area contributed by atoms with Crippen molar-refractivity contribution in [3.05, 3.63) is 83.6 Å². The van der Waals surface area contributed by atoms with Crippen LogP contribution in [0.5, 0.6) is 0 Å². The Morgan fingerprint density at radius 3 is 2.51 bits per heavy atom. The number of hydrogen-bond donors (Lipinski definition) is 2. The minimum Gasteiger partial charge on any atom is -0.464 e. The molecule has 2 atom stereocenters. The Morgan fingerprint density at radius 2 is 1.74 bits per heavy atom. The summed E-state index contributed by atoms with van der Waals surface area (Å²) < 4.78 is 10.9. The Bertz CT molecular complexity index is 1120. The second-order valence-corrected chi connectivity index (χ2v) is 9.24. The van der Waals surface area contributed by atoms with Gasteiger partial charge in [0.25, 0.3) is 0 Å². The van der Waals surface area contributed by atoms with Gasteiger partial charge < -0.3 is 19.8 Å². The Morgan fingerprint density at radius 1 is 1.00 bits per heavy atom. The Balaban J connectivity index is 1.59. The maximum Gasteiger partial charge on any atom is 0.408 e. The predicted octanol–water partition coefficient (Wildman–Crippen LogP) is 6.32. The first kappa shape index (κ1) is 26.1. The lowest BCUT2D eigenvalue weighted by Crippen LogP contribution is -2.43. The van der Waals surface area contributed by atoms with E-state index >= 15 is 0 Å². The molecule has 35 heavy (non-hydrogen) atoms. The van der Waals surface area contributed by atoms with Crippen LogP contribution >= 0.6 is 0 Å². The lowest BCUT2D eigenvalue weighted by molar-refractivity contribution is -0.146. The van der Waals surface area contributed by atoms with Crippen molar-refractivity contribution < 1.29 is 19.1 Å². The molecule has 0 fully saturated rings. The van der Waals surface area contributed by atoms with Gasteiger partial charge in [-0.3, -0.25) is 0 Å². The maximum atomic E-state index is 13.0. The van der Waals surface area contributed by atoms with E-state index in [2.05, 4.69) is 37.1 Å². The number of fused-ring (bicyclic) bond motifs is 1. The number of nitrogens with one attached hydrogen (secondary N) is 2. The zero-order valence-corrected chi connectivity index (χ0v) is 20.9. The lowest BCUT2D eigenvalue weighted by Gasteiger charge is -2.18. The number of amides is 1. The summed E-state index contributed by atoms with van der Waals surface area (Å²) in [6.07, 6.45) is 6.60. The van der Waals surface area contributed by atoms with E-state index in [1.54, 1.807) is 0 Å². The Labute approximate surface area is 207 Å². The van der Waals surface area contributed by atoms with Gasteiger partial charge in [-0.25, -0.2) is 9.59 Å². The fourth-order valence-electron chi connectivity index (χ4n) is 3.88. The van der Waals surface area contributed by atoms with Gasteiger partial charge in [0.15, 0.2) is 0 Å². The molecule has 6 nitrogen and oxygen atoms in total. The van der Waals surface area contributed by atoms with Gasteiger partial charge in [-0.15, -0.1) is 0 Å². The number of aromatic nitrogens is 1. The smallest absolute Gasteiger partial charge is 0.408 e. The van der Waals surface area contributed by atoms with Gasteiger partial charge >= 0.3 is 12.1 Å². The number of alkyl carbamates (subject to hydrolysis) is 1. The van der Waals surface area contributed by atoms with Crippen LogP contribution in [-0.2, 0) is 27.3 Å². The van der Waals surface area contributed by atoms with Crippen molar-refractivity contribution in [1.82, 2.24) is 10.3 Å². The SMILES string of the molecule is CC(C)=CCC[C@H](C)CCOC(=O)[C@H](Cc1c[nH]c2ccccc12)NC(=O)OCc1ccccc1. The average molecular weight is 477 g/mol. The third kappa shape index (κ3) is 8.63. The summed E-state index contributed by atoms with van der Waals surface area (Å²) in [5, 5.41) is 3.73. The van der Waals surface area contributed by atoms with Gasteiger partial charge in [0.1, 0.15) is 12.6 Å². The normalized spacial score (nSPS) is 12.5. The number of H-pyrrole nitrogens is 1. The van der Waals surface area contributed by atoms with E-state index < -0.39 is 18.1 Å². The minimum atomic E-state index is -0.849. The van der Waals surface area contributed by atoms with Gasteiger partial charge in [-0.2, -0.15) is 0 Å². The van der Waals surface area contributed by atoms with Crippen molar-refractivity contribution in [2.24, 2.45) is 5.92 Å². The highest BCUT2D eigenvalue weighted by Crippen LogP contribution is 2.20. The largest absolute Gasteiger partial charge is 0.464 e. The summed E-state index contributed by atoms with van der Waals surface area (Å²) in [6, 6.07) is 16.4. The molecule has 3 rings (SSSR count). The van der Waals surface area contributed by atoms with Crippen LogP contribution in [0, 0.1) is 5.92 Å². The van der Waals surface area contributed by atoms with E-state index in [-0.39, 0.29) is 6.61 Å². The highest BCUT2D eigenvalue weighted by atomic mass is 16.6. The summed E-state index contributed by atoms with van der Waals surface area (Å²) in [4.78, 5) is 28.7. The third-order valence-corrected chi connectivity index (χ3v) is 5.96. The standard InChI is InChI=1S/C29H36N2O4/c1-21(2)10-9-11-22(3)16-17-34-28(32)27(18-24-19-30-26-15-8-7-14-25(24)26)31-29(33)35-20-23-12-5-4-6-13-23/h4-8,10,12-15,19,22,27,30H,9,11,16-18,20H2,1-3H3,(H,31,33)/t22-,27-/m0/s1. The molecule has 1 aromatic heterocycles. The maximum absolute atomic E-state index is 13.0. The van der Waals surface area contributed by atoms with Crippen molar-refractivity contribution in [3.8, 4) is 0 Å². The number of benzene rings is 2. The molecular formula is C29H36N2O4. The third-order valence-electron chi connectivity index (χ3n) is 5.96. The molecule has 1 heterocycles. The summed E-state index contributed by atoms with van der Waals surface area (Å²) in [6.45, 7) is 6.80. The highest BCUT2D eigenvalue weighted by Gasteiger charge is 2.25. The number of para-hydroxylation sites is 1. The minimum absolute atomic E-state index is 0.130. The molecule has 0 unspecified atom stereocenters. The number of carbonyl (C=O) groups is 2. The molecule has 2 aromatic carbocycles. The van der Waals surface area contributed by atoms with Gasteiger partial charge in [0.05, 0.1) is 6.61 Å². The van der Waals surface area contributed by atoms with Crippen LogP contribution in [0.15, 0.2) is 72.4 Å². The van der Waals surface area contributed by atoms with Crippen LogP contribution in [0.25, 0.3) is 10.9 Å². The van der Waals surface area contributed by atoms with Gasteiger partial charge in [0.2, 0.25) is 0 Å². The van der Waals surface area contributed by atoms with Crippen molar-refractivity contribution in [3.63, 3.8) is 0 Å². The van der Waals surface area contributed by atoms with Crippen LogP contribution in [0.4, 0.5) is 4.79 Å². The molecule has 0 saturated carbocycles. The summed E-state index contributed by atoms with van der Waals surface area (Å²) in [5.74, 6) is -0.0160. The number of aromatic amines is 1. The van der Waals surface area contributed by atoms with Crippen molar-refractivity contribution in [1.29, 1.82) is 0 Å². The molecule has 0 radical (unpaired) electrons. The average Bonchev–Trinajstić information content (AvgIpc) is 3.25. The number of rotatable bonds is 12. The number of esters is 1. The molecular weight excluding hydrogens is 440 g/mol. The number of hydrogen-bond acceptors (Lipinski definition) is 4. The van der Waals surface area contributed by atoms with E-state index in [4.69, 9.17) is 9.47 Å². The topological polar surface area (TPSA) is 80.4 Å². The van der Waals surface area contributed by atoms with Gasteiger partial charge in [-0.05, 0) is 56.2 Å². The zero-order valence-electron chi connectivity index (χ0n) is 20.9. The van der Waals surface area contributed by atoms with Gasteiger partial charge in [0, 0.05) is 23.5 Å². The first-order chi connectivity index (χ1) is 16.9. The van der Waals surface area contributed by atoms with E-state index in [1.807, 2.05) is 60.8 Å². The second kappa shape index (κ2) is 13.4. The van der Waals surface area contributed by atoms with Crippen LogP contribution in [0.3, 0.4) is 0 Å². The summed E-state index contributed by atoms with van der Waals surface area (Å²) >= 11 is 0. The Hall–Kier alpha value is -3.54. The molecule has 6 heteroatoms. The van der Waals surface area contributed by atoms with Crippen molar-refractivity contribution >= 4 is 23.0 Å². The molecule has 3 aromatic rings. The Kier molecular flexibility index (Phi) is 9.96. The summed E-state index contributed by atoms with van der Waals surface area (Å²) in [7, 11) is 0. The van der Waals surface area contributed by atoms with Gasteiger partial charge in [-0.1, -0.05) is 67.1 Å². The fourth-order valence-corrected chi connectivity index (χ4v) is 3.88. The quantitative estimate of drug-likeness (QED) is 0.237. The molecule has 0 spiro atoms. The van der Waals surface area contributed by atoms with E-state index in [0.717, 1.165) is 41.3 Å². The van der Waals surface area contributed by atoms with Crippen LogP contribution in [0.2, 0.25) is 0 Å². The zero-order chi connectivity index (χ0) is 25.0. The van der Waals surface area contributed by atoms with Crippen molar-refractivity contribution in [2.75, 3.05) is 6.61 Å². The van der Waals surface area contributed by atoms with Crippen LogP contribution in [-0.4, -0.2) is 29.7 Å². The van der Waals surface area contributed by atoms with E-state index in [1.165, 1.54) is 5.57 Å². The molecule has 1 amide bonds. The first-order valence-corrected chi connectivity index (χ1v) is 12.2. The van der Waals surface area contributed by atoms with Crippen LogP contribution in [0.1, 0.15) is 51.2 Å². The number of allylic oxidation sites excluding steroid dienone is 2. The molecule has 186 valence electrons. The van der Waals surface area contributed by atoms with E-state index in [0.29, 0.717) is 18.9 Å². The molecule has 0 bridgehead atoms. The molecule has 2 N–H and O–H groups in total. The van der Waals surface area contributed by atoms with Crippen LogP contribution < -0.4 is 5.32 Å². The molecule has 0 aliphatic rings. The predicted molar refractivity (Wildman–Crippen MR) is 139 cm³/mol. The summed E-state index contributed by atoms with van der Waals surface area (Å²) in [5.41, 5.74) is 4.10. The molecule has 0 aliphatic carbocycles. The fraction of sp³-hybridized carbons (Fsp3) is 0.379. The monoisotopic (exact) mass is 476 g/mol. The highest BCUT2D eigenvalue weighted by molar-refractivity contribution is 5.86. The second-order valence-electron chi connectivity index (χ2n) is 9.24. The number of ether oxygens (including phenoxy) is 2. The molecule has 0 saturated heterocycles. The lowest BCUT2D eigenvalue weighted by atomic mass is 10.0.